The molecule has 42 valence electrons. The first-order valence-corrected chi connectivity index (χ1v) is 1.79. The summed E-state index contributed by atoms with van der Waals surface area (Å²) in [7, 11) is 0. The third kappa shape index (κ3) is 0.344. The smallest absolute Gasteiger partial charge is 0.267 e. The summed E-state index contributed by atoms with van der Waals surface area (Å²) < 4.78 is 23.0. The Labute approximate surface area is 42.1 Å². The summed E-state index contributed by atoms with van der Waals surface area (Å²) >= 11 is 0. The van der Waals surface area contributed by atoms with E-state index in [0.29, 0.717) is 0 Å². The van der Waals surface area contributed by atoms with E-state index in [0.717, 1.165) is 0 Å². The van der Waals surface area contributed by atoms with E-state index in [1.165, 1.54) is 0 Å². The lowest BCUT2D eigenvalue weighted by atomic mass is 10.3. The minimum absolute atomic E-state index is 1.36. The normalized spacial score (nSPS) is 10.2. The molecule has 0 aliphatic rings. The van der Waals surface area contributed by atoms with Gasteiger partial charge in [-0.05, 0) is 0 Å². The highest BCUT2D eigenvalue weighted by Crippen LogP contribution is 1.91. The van der Waals surface area contributed by atoms with E-state index in [-0.39, 0.29) is 0 Å². The van der Waals surface area contributed by atoms with Crippen molar-refractivity contribution >= 4 is 0 Å². The van der Waals surface area contributed by atoms with Gasteiger partial charge in [-0.15, -0.1) is 0 Å². The zero-order valence-electron chi connectivity index (χ0n) is 3.57. The molecule has 0 unspecified atom stereocenters. The molecule has 1 aromatic carbocycles. The Balaban J connectivity index is 3.48. The second-order valence-corrected chi connectivity index (χ2v) is 1.29. The molecule has 0 atom stereocenters. The highest BCUT2D eigenvalue weighted by atomic mass is 19.2. The first kappa shape index (κ1) is 5.08. The van der Waals surface area contributed by atoms with Crippen LogP contribution in [0.2, 0.25) is 0 Å². The molecule has 0 bridgehead atoms. The van der Waals surface area contributed by atoms with Crippen LogP contribution in [-0.4, -0.2) is 0 Å². The van der Waals surface area contributed by atoms with E-state index >= 15 is 0 Å². The summed E-state index contributed by atoms with van der Waals surface area (Å²) in [6.07, 6.45) is 0. The van der Waals surface area contributed by atoms with Crippen LogP contribution in [0.1, 0.15) is 0 Å². The average molecular weight is 118 g/mol. The Bertz CT molecular complexity index is 252. The largest absolute Gasteiger partial charge is 0.282 e. The van der Waals surface area contributed by atoms with Crippen molar-refractivity contribution in [1.82, 2.24) is 0 Å². The highest BCUT2D eigenvalue weighted by molar-refractivity contribution is 5.09. The van der Waals surface area contributed by atoms with Gasteiger partial charge in [0.05, 0.1) is 0 Å². The zero-order valence-corrected chi connectivity index (χ0v) is 3.57. The second-order valence-electron chi connectivity index (χ2n) is 1.29. The Morgan fingerprint density at radius 2 is 1.12 bits per heavy atom. The Kier molecular flexibility index (Phi) is 0.770. The molecular weight excluding hydrogens is 118 g/mol. The predicted octanol–water partition coefficient (Wildman–Crippen LogP) is -0.439. The Hall–Kier alpha value is -1.06. The average Bonchev–Trinajstić information content (AvgIpc) is 1.83. The summed E-state index contributed by atoms with van der Waals surface area (Å²) in [5.41, 5.74) is -2.72. The van der Waals surface area contributed by atoms with E-state index in [1.807, 2.05) is 0 Å². The van der Waals surface area contributed by atoms with Crippen molar-refractivity contribution in [3.05, 3.63) is 32.1 Å². The lowest BCUT2D eigenvalue weighted by molar-refractivity contribution is 0.471. The molecule has 1 rings (SSSR count). The van der Waals surface area contributed by atoms with Crippen molar-refractivity contribution < 1.29 is 8.78 Å². The van der Waals surface area contributed by atoms with Gasteiger partial charge in [-0.1, -0.05) is 0 Å². The minimum atomic E-state index is -1.55. The first-order valence-electron chi connectivity index (χ1n) is 1.79. The molecule has 0 aliphatic carbocycles. The molecule has 0 saturated carbocycles. The maximum atomic E-state index is 11.5. The third-order valence-corrected chi connectivity index (χ3v) is 0.798. The number of hydrogen-bond acceptors (Lipinski definition) is 2. The van der Waals surface area contributed by atoms with Crippen molar-refractivity contribution in [3.8, 4) is 0 Å². The van der Waals surface area contributed by atoms with E-state index in [1.54, 1.807) is 0 Å². The van der Waals surface area contributed by atoms with Gasteiger partial charge in [0.25, 0.3) is 10.9 Å². The van der Waals surface area contributed by atoms with Gasteiger partial charge in [0.1, 0.15) is 0 Å². The van der Waals surface area contributed by atoms with Crippen LogP contribution in [0.3, 0.4) is 0 Å². The van der Waals surface area contributed by atoms with Gasteiger partial charge in [0, 0.05) is 0 Å². The molecule has 8 heavy (non-hydrogen) atoms. The first-order chi connectivity index (χ1) is 3.64. The quantitative estimate of drug-likeness (QED) is 0.433. The van der Waals surface area contributed by atoms with Crippen LogP contribution in [0.5, 0.6) is 0 Å². The molecule has 4 heteroatoms. The summed E-state index contributed by atoms with van der Waals surface area (Å²) in [6, 6.07) is 0. The van der Waals surface area contributed by atoms with E-state index in [4.69, 9.17) is 0 Å². The molecule has 0 amide bonds. The fraction of sp³-hybridized carbons (Fsp3) is 0. The number of rotatable bonds is 0. The maximum Gasteiger partial charge on any atom is 0.267 e. The van der Waals surface area contributed by atoms with E-state index < -0.39 is 22.5 Å². The SMILES string of the molecule is O=c1c(F)c(F)c1=O. The molecule has 0 radical (unpaired) electrons. The van der Waals surface area contributed by atoms with Gasteiger partial charge in [0.15, 0.2) is 0 Å². The second kappa shape index (κ2) is 1.21. The van der Waals surface area contributed by atoms with Gasteiger partial charge in [-0.3, -0.25) is 9.59 Å². The van der Waals surface area contributed by atoms with Crippen LogP contribution in [-0.2, 0) is 0 Å². The van der Waals surface area contributed by atoms with Crippen LogP contribution < -0.4 is 10.9 Å². The van der Waals surface area contributed by atoms with Crippen LogP contribution in [0.15, 0.2) is 9.59 Å². The lowest BCUT2D eigenvalue weighted by Gasteiger charge is -1.87. The van der Waals surface area contributed by atoms with Crippen LogP contribution in [0, 0.1) is 11.6 Å². The fourth-order valence-electron chi connectivity index (χ4n) is 0.336. The van der Waals surface area contributed by atoms with Crippen molar-refractivity contribution in [1.29, 1.82) is 0 Å². The molecule has 0 spiro atoms. The third-order valence-electron chi connectivity index (χ3n) is 0.798. The van der Waals surface area contributed by atoms with Gasteiger partial charge < -0.3 is 0 Å². The fourth-order valence-corrected chi connectivity index (χ4v) is 0.336. The van der Waals surface area contributed by atoms with Gasteiger partial charge >= 0.3 is 0 Å². The summed E-state index contributed by atoms with van der Waals surface area (Å²) in [6.45, 7) is 0. The van der Waals surface area contributed by atoms with Crippen molar-refractivity contribution in [2.75, 3.05) is 0 Å². The van der Waals surface area contributed by atoms with Crippen molar-refractivity contribution in [3.63, 3.8) is 0 Å². The molecule has 0 saturated heterocycles. The van der Waals surface area contributed by atoms with Gasteiger partial charge in [-0.25, -0.2) is 0 Å². The van der Waals surface area contributed by atoms with Gasteiger partial charge in [-0.2, -0.15) is 8.78 Å². The molecule has 0 N–H and O–H groups in total. The van der Waals surface area contributed by atoms with E-state index in [9.17, 15) is 18.4 Å². The van der Waals surface area contributed by atoms with E-state index in [2.05, 4.69) is 0 Å². The van der Waals surface area contributed by atoms with Crippen molar-refractivity contribution in [2.45, 2.75) is 0 Å². The molecule has 0 fully saturated rings. The summed E-state index contributed by atoms with van der Waals surface area (Å²) in [4.78, 5) is 19.5. The van der Waals surface area contributed by atoms with Crippen LogP contribution in [0.4, 0.5) is 8.78 Å². The molecular formula is C4F2O2. The molecule has 0 heterocycles. The Morgan fingerprint density at radius 1 is 0.875 bits per heavy atom. The molecule has 0 aliphatic heterocycles. The number of hydrogen-bond donors (Lipinski definition) is 0. The monoisotopic (exact) mass is 118 g/mol. The highest BCUT2D eigenvalue weighted by Gasteiger charge is 2.19. The van der Waals surface area contributed by atoms with Gasteiger partial charge in [0.2, 0.25) is 11.6 Å². The Morgan fingerprint density at radius 3 is 1.25 bits per heavy atom. The minimum Gasteiger partial charge on any atom is -0.282 e. The molecule has 0 aromatic heterocycles. The molecule has 1 aromatic rings. The molecule has 2 nitrogen and oxygen atoms in total. The topological polar surface area (TPSA) is 34.1 Å². The standard InChI is InChI=1S/C4F2O2/c5-1-2(6)4(8)3(1)7. The zero-order chi connectivity index (χ0) is 6.31. The summed E-state index contributed by atoms with van der Waals surface area (Å²) in [5, 5.41) is 0. The summed E-state index contributed by atoms with van der Waals surface area (Å²) in [5.74, 6) is -3.09. The lowest BCUT2D eigenvalue weighted by Crippen LogP contribution is -2.38. The van der Waals surface area contributed by atoms with Crippen molar-refractivity contribution in [2.24, 2.45) is 0 Å². The van der Waals surface area contributed by atoms with Crippen LogP contribution in [0.25, 0.3) is 0 Å². The number of halogens is 2. The predicted molar refractivity (Wildman–Crippen MR) is 21.3 cm³/mol. The maximum absolute atomic E-state index is 11.5. The van der Waals surface area contributed by atoms with Crippen LogP contribution >= 0.6 is 0 Å².